The maximum atomic E-state index is 11.5. The molecule has 0 bridgehead atoms. The highest BCUT2D eigenvalue weighted by atomic mass is 35.5. The van der Waals surface area contributed by atoms with Crippen LogP contribution in [-0.4, -0.2) is 30.5 Å². The minimum atomic E-state index is 0.163. The average Bonchev–Trinajstić information content (AvgIpc) is 2.46. The number of amides is 1. The number of nitrogens with zero attached hydrogens (tertiary/aromatic N) is 2. The van der Waals surface area contributed by atoms with E-state index in [2.05, 4.69) is 15.2 Å². The second-order valence-electron chi connectivity index (χ2n) is 5.35. The largest absolute Gasteiger partial charge is 0.371 e. The predicted molar refractivity (Wildman–Crippen MR) is 82.1 cm³/mol. The lowest BCUT2D eigenvalue weighted by molar-refractivity contribution is -0.121. The highest BCUT2D eigenvalue weighted by Gasteiger charge is 2.20. The van der Waals surface area contributed by atoms with Gasteiger partial charge in [0.05, 0.1) is 0 Å². The van der Waals surface area contributed by atoms with Crippen molar-refractivity contribution in [1.82, 2.24) is 10.3 Å². The fraction of sp³-hybridized carbons (Fsp3) is 0.600. The van der Waals surface area contributed by atoms with Crippen molar-refractivity contribution in [2.24, 2.45) is 5.92 Å². The molecule has 1 aromatic rings. The summed E-state index contributed by atoms with van der Waals surface area (Å²) in [7, 11) is 0. The highest BCUT2D eigenvalue weighted by Crippen LogP contribution is 2.24. The summed E-state index contributed by atoms with van der Waals surface area (Å²) in [6.45, 7) is 4.80. The van der Waals surface area contributed by atoms with Gasteiger partial charge in [-0.3, -0.25) is 4.79 Å². The third-order valence-electron chi connectivity index (χ3n) is 3.66. The van der Waals surface area contributed by atoms with E-state index in [1.807, 2.05) is 19.1 Å². The number of nitrogens with one attached hydrogen (secondary N) is 1. The predicted octanol–water partition coefficient (Wildman–Crippen LogP) is 2.87. The van der Waals surface area contributed by atoms with Crippen LogP contribution in [-0.2, 0) is 4.79 Å². The molecule has 5 heteroatoms. The van der Waals surface area contributed by atoms with Gasteiger partial charge < -0.3 is 10.2 Å². The lowest BCUT2D eigenvalue weighted by atomic mass is 9.97. The monoisotopic (exact) mass is 295 g/mol. The lowest BCUT2D eigenvalue weighted by Gasteiger charge is -2.34. The number of halogens is 1. The number of anilines is 1. The number of aromatic nitrogens is 1. The van der Waals surface area contributed by atoms with Crippen LogP contribution in [0, 0.1) is 5.92 Å². The zero-order valence-corrected chi connectivity index (χ0v) is 12.7. The third kappa shape index (κ3) is 4.37. The first-order chi connectivity index (χ1) is 9.69. The van der Waals surface area contributed by atoms with Gasteiger partial charge in [0, 0.05) is 37.9 Å². The van der Waals surface area contributed by atoms with E-state index < -0.39 is 0 Å². The molecule has 1 amide bonds. The van der Waals surface area contributed by atoms with Crippen molar-refractivity contribution >= 4 is 23.2 Å². The number of hydrogen-bond acceptors (Lipinski definition) is 3. The Labute approximate surface area is 125 Å². The van der Waals surface area contributed by atoms with Crippen molar-refractivity contribution in [3.05, 3.63) is 23.5 Å². The Morgan fingerprint density at radius 2 is 2.45 bits per heavy atom. The molecular weight excluding hydrogens is 274 g/mol. The molecule has 0 radical (unpaired) electrons. The molecule has 1 saturated heterocycles. The topological polar surface area (TPSA) is 45.2 Å². The second kappa shape index (κ2) is 7.48. The van der Waals surface area contributed by atoms with Gasteiger partial charge in [0.2, 0.25) is 5.91 Å². The number of pyridine rings is 1. The van der Waals surface area contributed by atoms with Crippen LogP contribution >= 0.6 is 11.6 Å². The SMILES string of the molecule is CCCC(=O)NCC1CCCN(c2ccnc(Cl)c2)C1. The van der Waals surface area contributed by atoms with Gasteiger partial charge >= 0.3 is 0 Å². The van der Waals surface area contributed by atoms with Crippen LogP contribution in [0.15, 0.2) is 18.3 Å². The maximum Gasteiger partial charge on any atom is 0.219 e. The lowest BCUT2D eigenvalue weighted by Crippen LogP contribution is -2.41. The summed E-state index contributed by atoms with van der Waals surface area (Å²) >= 11 is 5.94. The van der Waals surface area contributed by atoms with Crippen LogP contribution in [0.5, 0.6) is 0 Å². The molecule has 1 fully saturated rings. The summed E-state index contributed by atoms with van der Waals surface area (Å²) in [6, 6.07) is 3.89. The Hall–Kier alpha value is -1.29. The standard InChI is InChI=1S/C15H22ClN3O/c1-2-4-15(20)18-10-12-5-3-8-19(11-12)13-6-7-17-14(16)9-13/h6-7,9,12H,2-5,8,10-11H2,1H3,(H,18,20). The van der Waals surface area contributed by atoms with Crippen molar-refractivity contribution in [1.29, 1.82) is 0 Å². The molecule has 110 valence electrons. The summed E-state index contributed by atoms with van der Waals surface area (Å²) in [5, 5.41) is 3.56. The Morgan fingerprint density at radius 1 is 1.60 bits per heavy atom. The quantitative estimate of drug-likeness (QED) is 0.850. The van der Waals surface area contributed by atoms with Crippen molar-refractivity contribution in [3.63, 3.8) is 0 Å². The van der Waals surface area contributed by atoms with E-state index in [4.69, 9.17) is 11.6 Å². The summed E-state index contributed by atoms with van der Waals surface area (Å²) in [6.07, 6.45) is 5.58. The van der Waals surface area contributed by atoms with Gasteiger partial charge in [-0.05, 0) is 37.3 Å². The van der Waals surface area contributed by atoms with E-state index in [0.717, 1.165) is 38.2 Å². The molecule has 1 aliphatic rings. The van der Waals surface area contributed by atoms with Crippen LogP contribution in [0.2, 0.25) is 5.15 Å². The number of carbonyl (C=O) groups is 1. The average molecular weight is 296 g/mol. The molecular formula is C15H22ClN3O. The number of hydrogen-bond donors (Lipinski definition) is 1. The van der Waals surface area contributed by atoms with E-state index in [1.54, 1.807) is 6.20 Å². The zero-order valence-electron chi connectivity index (χ0n) is 11.9. The molecule has 0 saturated carbocycles. The molecule has 2 rings (SSSR count). The summed E-state index contributed by atoms with van der Waals surface area (Å²) < 4.78 is 0. The van der Waals surface area contributed by atoms with E-state index in [0.29, 0.717) is 17.5 Å². The molecule has 20 heavy (non-hydrogen) atoms. The van der Waals surface area contributed by atoms with Gasteiger partial charge in [-0.25, -0.2) is 4.98 Å². The van der Waals surface area contributed by atoms with Crippen molar-refractivity contribution in [2.75, 3.05) is 24.5 Å². The van der Waals surface area contributed by atoms with Crippen LogP contribution < -0.4 is 10.2 Å². The Morgan fingerprint density at radius 3 is 3.20 bits per heavy atom. The van der Waals surface area contributed by atoms with Crippen LogP contribution in [0.4, 0.5) is 5.69 Å². The Kier molecular flexibility index (Phi) is 5.65. The molecule has 1 aromatic heterocycles. The maximum absolute atomic E-state index is 11.5. The van der Waals surface area contributed by atoms with Crippen molar-refractivity contribution < 1.29 is 4.79 Å². The minimum Gasteiger partial charge on any atom is -0.371 e. The molecule has 2 heterocycles. The van der Waals surface area contributed by atoms with Gasteiger partial charge in [-0.2, -0.15) is 0 Å². The fourth-order valence-electron chi connectivity index (χ4n) is 2.63. The number of carbonyl (C=O) groups excluding carboxylic acids is 1. The van der Waals surface area contributed by atoms with Crippen LogP contribution in [0.25, 0.3) is 0 Å². The first-order valence-electron chi connectivity index (χ1n) is 7.32. The zero-order chi connectivity index (χ0) is 14.4. The minimum absolute atomic E-state index is 0.163. The highest BCUT2D eigenvalue weighted by molar-refractivity contribution is 6.29. The Bertz CT molecular complexity index is 452. The van der Waals surface area contributed by atoms with Gasteiger partial charge in [0.15, 0.2) is 0 Å². The molecule has 0 spiro atoms. The first-order valence-corrected chi connectivity index (χ1v) is 7.70. The van der Waals surface area contributed by atoms with Crippen molar-refractivity contribution in [3.8, 4) is 0 Å². The molecule has 0 aromatic carbocycles. The first kappa shape index (κ1) is 15.1. The van der Waals surface area contributed by atoms with Gasteiger partial charge in [-0.1, -0.05) is 18.5 Å². The molecule has 1 unspecified atom stereocenters. The normalized spacial score (nSPS) is 18.9. The van der Waals surface area contributed by atoms with Gasteiger partial charge in [0.25, 0.3) is 0 Å². The van der Waals surface area contributed by atoms with Crippen LogP contribution in [0.3, 0.4) is 0 Å². The second-order valence-corrected chi connectivity index (χ2v) is 5.73. The van der Waals surface area contributed by atoms with E-state index in [-0.39, 0.29) is 5.91 Å². The third-order valence-corrected chi connectivity index (χ3v) is 3.87. The molecule has 1 atom stereocenters. The number of rotatable bonds is 5. The number of piperidine rings is 1. The smallest absolute Gasteiger partial charge is 0.219 e. The van der Waals surface area contributed by atoms with Crippen LogP contribution in [0.1, 0.15) is 32.6 Å². The molecule has 1 N–H and O–H groups in total. The molecule has 0 aliphatic carbocycles. The fourth-order valence-corrected chi connectivity index (χ4v) is 2.80. The summed E-state index contributed by atoms with van der Waals surface area (Å²) in [5.41, 5.74) is 1.12. The van der Waals surface area contributed by atoms with E-state index in [1.165, 1.54) is 6.42 Å². The van der Waals surface area contributed by atoms with E-state index in [9.17, 15) is 4.79 Å². The van der Waals surface area contributed by atoms with Gasteiger partial charge in [0.1, 0.15) is 5.15 Å². The van der Waals surface area contributed by atoms with E-state index >= 15 is 0 Å². The molecule has 4 nitrogen and oxygen atoms in total. The van der Waals surface area contributed by atoms with Crippen molar-refractivity contribution in [2.45, 2.75) is 32.6 Å². The summed E-state index contributed by atoms with van der Waals surface area (Å²) in [4.78, 5) is 17.9. The Balaban J connectivity index is 1.87. The summed E-state index contributed by atoms with van der Waals surface area (Å²) in [5.74, 6) is 0.674. The van der Waals surface area contributed by atoms with Gasteiger partial charge in [-0.15, -0.1) is 0 Å². The molecule has 1 aliphatic heterocycles.